The number of ether oxygens (including phenoxy) is 1. The van der Waals surface area contributed by atoms with Gasteiger partial charge in [-0.2, -0.15) is 0 Å². The number of methoxy groups -OCH3 is 1. The topological polar surface area (TPSA) is 79.8 Å². The van der Waals surface area contributed by atoms with E-state index >= 15 is 0 Å². The van der Waals surface area contributed by atoms with E-state index in [4.69, 9.17) is 4.74 Å². The highest BCUT2D eigenvalue weighted by atomic mass is 32.2. The van der Waals surface area contributed by atoms with E-state index in [1.165, 1.54) is 4.31 Å². The van der Waals surface area contributed by atoms with E-state index < -0.39 is 10.0 Å². The summed E-state index contributed by atoms with van der Waals surface area (Å²) in [6, 6.07) is 15.8. The quantitative estimate of drug-likeness (QED) is 0.406. The maximum atomic E-state index is 13.8. The number of pyridine rings is 1. The van der Waals surface area contributed by atoms with Crippen LogP contribution in [0.2, 0.25) is 0 Å². The van der Waals surface area contributed by atoms with Crippen molar-refractivity contribution >= 4 is 21.6 Å². The van der Waals surface area contributed by atoms with Gasteiger partial charge in [0.2, 0.25) is 5.91 Å². The number of benzene rings is 2. The Balaban J connectivity index is 1.91. The van der Waals surface area contributed by atoms with Crippen LogP contribution < -0.4 is 9.04 Å². The van der Waals surface area contributed by atoms with Crippen molar-refractivity contribution in [1.82, 2.24) is 9.88 Å². The van der Waals surface area contributed by atoms with Crippen molar-refractivity contribution in [2.75, 3.05) is 18.0 Å². The monoisotopic (exact) mass is 495 g/mol. The summed E-state index contributed by atoms with van der Waals surface area (Å²) in [4.78, 5) is 19.4. The molecule has 0 saturated carbocycles. The van der Waals surface area contributed by atoms with Crippen LogP contribution >= 0.6 is 0 Å². The van der Waals surface area contributed by atoms with Crippen LogP contribution in [0.4, 0.5) is 5.69 Å². The van der Waals surface area contributed by atoms with E-state index in [9.17, 15) is 13.2 Å². The summed E-state index contributed by atoms with van der Waals surface area (Å²) in [6.45, 7) is 8.02. The minimum Gasteiger partial charge on any atom is -0.497 e. The first-order valence-electron chi connectivity index (χ1n) is 11.6. The van der Waals surface area contributed by atoms with Crippen molar-refractivity contribution in [3.05, 3.63) is 83.7 Å². The second-order valence-electron chi connectivity index (χ2n) is 8.77. The number of carbonyl (C=O) groups is 1. The van der Waals surface area contributed by atoms with Gasteiger partial charge in [0.1, 0.15) is 5.75 Å². The van der Waals surface area contributed by atoms with Crippen LogP contribution in [0.5, 0.6) is 5.75 Å². The Bertz CT molecular complexity index is 1240. The van der Waals surface area contributed by atoms with Gasteiger partial charge in [-0.25, -0.2) is 8.42 Å². The fourth-order valence-corrected chi connectivity index (χ4v) is 5.61. The Morgan fingerprint density at radius 1 is 1.06 bits per heavy atom. The van der Waals surface area contributed by atoms with Crippen LogP contribution in [0.25, 0.3) is 0 Å². The second kappa shape index (κ2) is 11.4. The summed E-state index contributed by atoms with van der Waals surface area (Å²) in [5.74, 6) is 0.495. The minimum atomic E-state index is -3.91. The zero-order chi connectivity index (χ0) is 25.6. The first kappa shape index (κ1) is 26.2. The summed E-state index contributed by atoms with van der Waals surface area (Å²) in [5, 5.41) is 0. The summed E-state index contributed by atoms with van der Waals surface area (Å²) in [5.41, 5.74) is 3.04. The zero-order valence-electron chi connectivity index (χ0n) is 20.9. The van der Waals surface area contributed by atoms with Gasteiger partial charge in [-0.1, -0.05) is 23.8 Å². The summed E-state index contributed by atoms with van der Waals surface area (Å²) >= 11 is 0. The molecule has 8 heteroatoms. The Morgan fingerprint density at radius 3 is 2.34 bits per heavy atom. The SMILES string of the molecule is COc1ccc(N(CCC(=O)N(Cc2cccnc2)C(C)C)S(=O)(=O)c2ccc(C)cc2C)cc1. The number of carbonyl (C=O) groups excluding carboxylic acids is 1. The van der Waals surface area contributed by atoms with Crippen LogP contribution in [0.1, 0.15) is 37.0 Å². The molecule has 0 bridgehead atoms. The minimum absolute atomic E-state index is 0.0110. The molecule has 3 rings (SSSR count). The molecular formula is C27H33N3O4S. The van der Waals surface area contributed by atoms with Crippen LogP contribution in [-0.4, -0.2) is 43.9 Å². The predicted molar refractivity (Wildman–Crippen MR) is 138 cm³/mol. The molecule has 0 aliphatic rings. The maximum Gasteiger partial charge on any atom is 0.264 e. The standard InChI is InChI=1S/C27H33N3O4S/c1-20(2)29(19-23-7-6-15-28-18-23)27(31)14-16-30(24-9-11-25(34-5)12-10-24)35(32,33)26-13-8-21(3)17-22(26)4/h6-13,15,17-18,20H,14,16,19H2,1-5H3. The van der Waals surface area contributed by atoms with E-state index in [2.05, 4.69) is 4.98 Å². The average molecular weight is 496 g/mol. The van der Waals surface area contributed by atoms with E-state index in [0.29, 0.717) is 23.5 Å². The lowest BCUT2D eigenvalue weighted by Gasteiger charge is -2.29. The molecule has 7 nitrogen and oxygen atoms in total. The molecule has 35 heavy (non-hydrogen) atoms. The molecule has 186 valence electrons. The third-order valence-electron chi connectivity index (χ3n) is 5.81. The molecule has 0 atom stereocenters. The van der Waals surface area contributed by atoms with Crippen molar-refractivity contribution in [2.24, 2.45) is 0 Å². The maximum absolute atomic E-state index is 13.8. The largest absolute Gasteiger partial charge is 0.497 e. The highest BCUT2D eigenvalue weighted by molar-refractivity contribution is 7.92. The van der Waals surface area contributed by atoms with Crippen LogP contribution in [0, 0.1) is 13.8 Å². The van der Waals surface area contributed by atoms with Gasteiger partial charge in [-0.05, 0) is 75.2 Å². The molecule has 1 heterocycles. The molecule has 1 aromatic heterocycles. The van der Waals surface area contributed by atoms with Gasteiger partial charge in [0.05, 0.1) is 17.7 Å². The highest BCUT2D eigenvalue weighted by Crippen LogP contribution is 2.28. The lowest BCUT2D eigenvalue weighted by Crippen LogP contribution is -2.40. The fourth-order valence-electron chi connectivity index (χ4n) is 3.93. The number of sulfonamides is 1. The lowest BCUT2D eigenvalue weighted by atomic mass is 10.2. The fraction of sp³-hybridized carbons (Fsp3) is 0.333. The van der Waals surface area contributed by atoms with Crippen molar-refractivity contribution in [2.45, 2.75) is 51.6 Å². The Morgan fingerprint density at radius 2 is 1.77 bits per heavy atom. The molecule has 0 N–H and O–H groups in total. The predicted octanol–water partition coefficient (Wildman–Crippen LogP) is 4.73. The smallest absolute Gasteiger partial charge is 0.264 e. The Hall–Kier alpha value is -3.39. The third-order valence-corrected chi connectivity index (χ3v) is 7.79. The van der Waals surface area contributed by atoms with Gasteiger partial charge in [-0.3, -0.25) is 14.1 Å². The number of aromatic nitrogens is 1. The molecule has 0 spiro atoms. The molecule has 0 radical (unpaired) electrons. The number of amides is 1. The van der Waals surface area contributed by atoms with Crippen LogP contribution in [0.3, 0.4) is 0 Å². The number of anilines is 1. The number of rotatable bonds is 10. The van der Waals surface area contributed by atoms with Crippen LogP contribution in [-0.2, 0) is 21.4 Å². The van der Waals surface area contributed by atoms with E-state index in [0.717, 1.165) is 11.1 Å². The van der Waals surface area contributed by atoms with E-state index in [1.807, 2.05) is 39.0 Å². The lowest BCUT2D eigenvalue weighted by molar-refractivity contribution is -0.133. The molecule has 0 aliphatic heterocycles. The summed E-state index contributed by atoms with van der Waals surface area (Å²) in [6.07, 6.45) is 3.46. The second-order valence-corrected chi connectivity index (χ2v) is 10.6. The molecule has 2 aromatic carbocycles. The van der Waals surface area contributed by atoms with Gasteiger partial charge in [0, 0.05) is 37.9 Å². The molecular weight excluding hydrogens is 462 g/mol. The molecule has 1 amide bonds. The Kier molecular flexibility index (Phi) is 8.51. The van der Waals surface area contributed by atoms with Crippen molar-refractivity contribution in [3.63, 3.8) is 0 Å². The molecule has 0 saturated heterocycles. The van der Waals surface area contributed by atoms with E-state index in [-0.39, 0.29) is 29.8 Å². The Labute approximate surface area is 208 Å². The summed E-state index contributed by atoms with van der Waals surface area (Å²) < 4.78 is 34.1. The third kappa shape index (κ3) is 6.39. The highest BCUT2D eigenvalue weighted by Gasteiger charge is 2.28. The number of aryl methyl sites for hydroxylation is 2. The van der Waals surface area contributed by atoms with Gasteiger partial charge < -0.3 is 9.64 Å². The normalized spacial score (nSPS) is 11.4. The van der Waals surface area contributed by atoms with Gasteiger partial charge in [0.25, 0.3) is 10.0 Å². The zero-order valence-corrected chi connectivity index (χ0v) is 21.7. The molecule has 0 unspecified atom stereocenters. The molecule has 3 aromatic rings. The van der Waals surface area contributed by atoms with E-state index in [1.54, 1.807) is 67.7 Å². The van der Waals surface area contributed by atoms with Crippen molar-refractivity contribution in [3.8, 4) is 5.75 Å². The van der Waals surface area contributed by atoms with Gasteiger partial charge in [0.15, 0.2) is 0 Å². The average Bonchev–Trinajstić information content (AvgIpc) is 2.83. The number of nitrogens with zero attached hydrogens (tertiary/aromatic N) is 3. The first-order valence-corrected chi connectivity index (χ1v) is 13.0. The number of hydrogen-bond donors (Lipinski definition) is 0. The first-order chi connectivity index (χ1) is 16.6. The molecule has 0 aliphatic carbocycles. The van der Waals surface area contributed by atoms with Gasteiger partial charge in [-0.15, -0.1) is 0 Å². The van der Waals surface area contributed by atoms with Crippen LogP contribution in [0.15, 0.2) is 71.9 Å². The number of hydrogen-bond acceptors (Lipinski definition) is 5. The molecule has 0 fully saturated rings. The van der Waals surface area contributed by atoms with Crippen molar-refractivity contribution in [1.29, 1.82) is 0 Å². The van der Waals surface area contributed by atoms with Gasteiger partial charge >= 0.3 is 0 Å². The van der Waals surface area contributed by atoms with Crippen molar-refractivity contribution < 1.29 is 17.9 Å². The summed E-state index contributed by atoms with van der Waals surface area (Å²) in [7, 11) is -2.35.